The van der Waals surface area contributed by atoms with Crippen LogP contribution in [0.5, 0.6) is 5.75 Å². The molecule has 1 unspecified atom stereocenters. The van der Waals surface area contributed by atoms with Crippen LogP contribution in [0.25, 0.3) is 21.0 Å². The van der Waals surface area contributed by atoms with E-state index in [4.69, 9.17) is 4.74 Å². The lowest BCUT2D eigenvalue weighted by molar-refractivity contribution is -0.115. The van der Waals surface area contributed by atoms with Crippen LogP contribution < -0.4 is 15.4 Å². The van der Waals surface area contributed by atoms with Gasteiger partial charge in [0, 0.05) is 21.5 Å². The van der Waals surface area contributed by atoms with Gasteiger partial charge in [0.1, 0.15) is 11.0 Å². The molecule has 5 aromatic carbocycles. The smallest absolute Gasteiger partial charge is 0.336 e. The summed E-state index contributed by atoms with van der Waals surface area (Å²) >= 11 is 2.71. The second-order valence-corrected chi connectivity index (χ2v) is 12.0. The third kappa shape index (κ3) is 6.12. The number of thioether (sulfide) groups is 1. The Hall–Kier alpha value is -5.19. The topological polar surface area (TPSA) is 118 Å². The van der Waals surface area contributed by atoms with Gasteiger partial charge < -0.3 is 20.5 Å². The van der Waals surface area contributed by atoms with Crippen LogP contribution in [0.3, 0.4) is 0 Å². The zero-order chi connectivity index (χ0) is 30.6. The number of carboxylic acid groups (broad SMARTS) is 1. The molecule has 0 aliphatic heterocycles. The largest absolute Gasteiger partial charge is 0.497 e. The highest BCUT2D eigenvalue weighted by molar-refractivity contribution is 8.00. The van der Waals surface area contributed by atoms with E-state index in [0.29, 0.717) is 27.3 Å². The van der Waals surface area contributed by atoms with Crippen molar-refractivity contribution < 1.29 is 24.2 Å². The average molecular weight is 620 g/mol. The molecular formula is C34H25N3O5S2. The Balaban J connectivity index is 1.25. The van der Waals surface area contributed by atoms with Crippen molar-refractivity contribution in [1.82, 2.24) is 4.98 Å². The molecule has 1 atom stereocenters. The lowest BCUT2D eigenvalue weighted by Gasteiger charge is -2.17. The molecule has 0 fully saturated rings. The van der Waals surface area contributed by atoms with Gasteiger partial charge in [-0.05, 0) is 59.5 Å². The first-order valence-electron chi connectivity index (χ1n) is 13.5. The number of fused-ring (bicyclic) bond motifs is 2. The summed E-state index contributed by atoms with van der Waals surface area (Å²) in [5, 5.41) is 16.5. The van der Waals surface area contributed by atoms with Gasteiger partial charge in [0.25, 0.3) is 5.91 Å². The number of carbonyl (C=O) groups is 3. The summed E-state index contributed by atoms with van der Waals surface area (Å²) in [4.78, 5) is 44.3. The summed E-state index contributed by atoms with van der Waals surface area (Å²) in [5.41, 5.74) is 2.40. The van der Waals surface area contributed by atoms with Crippen LogP contribution in [0.2, 0.25) is 0 Å². The minimum absolute atomic E-state index is 0.0570. The zero-order valence-corrected chi connectivity index (χ0v) is 24.9. The van der Waals surface area contributed by atoms with Crippen molar-refractivity contribution in [2.24, 2.45) is 0 Å². The molecular weight excluding hydrogens is 595 g/mol. The van der Waals surface area contributed by atoms with E-state index in [1.807, 2.05) is 54.6 Å². The lowest BCUT2D eigenvalue weighted by atomic mass is 9.98. The molecule has 0 saturated carbocycles. The van der Waals surface area contributed by atoms with Crippen molar-refractivity contribution in [3.8, 4) is 5.75 Å². The molecule has 1 heterocycles. The fourth-order valence-electron chi connectivity index (χ4n) is 4.85. The number of thiazole rings is 1. The number of amides is 2. The van der Waals surface area contributed by atoms with Crippen molar-refractivity contribution >= 4 is 72.7 Å². The molecule has 0 saturated heterocycles. The van der Waals surface area contributed by atoms with Crippen LogP contribution in [0.4, 0.5) is 10.8 Å². The van der Waals surface area contributed by atoms with E-state index < -0.39 is 17.1 Å². The monoisotopic (exact) mass is 619 g/mol. The first-order valence-corrected chi connectivity index (χ1v) is 15.2. The summed E-state index contributed by atoms with van der Waals surface area (Å²) in [6.45, 7) is 0. The SMILES string of the molecule is COc1ccc2nc(NC(=O)C(Sc3cccc(NC(=O)c4cccc5cccc(C(=O)O)c45)c3)c3ccccc3)sc2c1. The summed E-state index contributed by atoms with van der Waals surface area (Å²) in [7, 11) is 1.60. The van der Waals surface area contributed by atoms with Crippen LogP contribution >= 0.6 is 23.1 Å². The van der Waals surface area contributed by atoms with Gasteiger partial charge in [-0.1, -0.05) is 72.0 Å². The van der Waals surface area contributed by atoms with Gasteiger partial charge in [0.15, 0.2) is 5.13 Å². The number of nitrogens with one attached hydrogen (secondary N) is 2. The summed E-state index contributed by atoms with van der Waals surface area (Å²) < 4.78 is 6.20. The fourth-order valence-corrected chi connectivity index (χ4v) is 6.83. The Kier molecular flexibility index (Phi) is 8.27. The Labute approximate surface area is 260 Å². The standard InChI is InChI=1S/C34H25N3O5S2/c1-42-23-16-17-27-28(19-23)44-34(36-27)37-32(39)30(21-8-3-2-4-9-21)43-24-13-7-12-22(18-24)35-31(38)25-14-5-10-20-11-6-15-26(29(20)25)33(40)41/h2-19,30H,1H3,(H,35,38)(H,40,41)(H,36,37,39). The molecule has 0 spiro atoms. The molecule has 1 aromatic heterocycles. The van der Waals surface area contributed by atoms with Gasteiger partial charge in [-0.25, -0.2) is 9.78 Å². The van der Waals surface area contributed by atoms with Gasteiger partial charge >= 0.3 is 5.97 Å². The number of aromatic carboxylic acids is 1. The molecule has 6 rings (SSSR count). The van der Waals surface area contributed by atoms with E-state index >= 15 is 0 Å². The van der Waals surface area contributed by atoms with E-state index in [2.05, 4.69) is 15.6 Å². The minimum atomic E-state index is -1.11. The molecule has 2 amide bonds. The maximum absolute atomic E-state index is 13.7. The number of ether oxygens (including phenoxy) is 1. The van der Waals surface area contributed by atoms with Crippen LogP contribution in [0.15, 0.2) is 114 Å². The maximum atomic E-state index is 13.7. The van der Waals surface area contributed by atoms with Gasteiger partial charge in [-0.15, -0.1) is 11.8 Å². The Morgan fingerprint density at radius 3 is 2.34 bits per heavy atom. The second-order valence-electron chi connectivity index (χ2n) is 9.75. The third-order valence-electron chi connectivity index (χ3n) is 6.89. The van der Waals surface area contributed by atoms with E-state index in [1.54, 1.807) is 55.6 Å². The van der Waals surface area contributed by atoms with Crippen LogP contribution in [0.1, 0.15) is 31.5 Å². The van der Waals surface area contributed by atoms with Gasteiger partial charge in [0.05, 0.1) is 22.9 Å². The van der Waals surface area contributed by atoms with E-state index in [1.165, 1.54) is 29.2 Å². The molecule has 3 N–H and O–H groups in total. The predicted octanol–water partition coefficient (Wildman–Crippen LogP) is 7.88. The second kappa shape index (κ2) is 12.6. The van der Waals surface area contributed by atoms with Crippen molar-refractivity contribution in [2.75, 3.05) is 17.7 Å². The Morgan fingerprint density at radius 1 is 0.841 bits per heavy atom. The molecule has 0 aliphatic rings. The van der Waals surface area contributed by atoms with Crippen LogP contribution in [-0.4, -0.2) is 35.0 Å². The molecule has 218 valence electrons. The number of aromatic nitrogens is 1. The molecule has 0 radical (unpaired) electrons. The average Bonchev–Trinajstić information content (AvgIpc) is 3.44. The number of carbonyl (C=O) groups excluding carboxylic acids is 2. The Morgan fingerprint density at radius 2 is 1.59 bits per heavy atom. The van der Waals surface area contributed by atoms with Crippen molar-refractivity contribution in [3.63, 3.8) is 0 Å². The maximum Gasteiger partial charge on any atom is 0.336 e. The summed E-state index contributed by atoms with van der Waals surface area (Å²) in [6.07, 6.45) is 0. The number of carboxylic acids is 1. The lowest BCUT2D eigenvalue weighted by Crippen LogP contribution is -2.19. The molecule has 10 heteroatoms. The van der Waals surface area contributed by atoms with E-state index in [-0.39, 0.29) is 17.0 Å². The fraction of sp³-hybridized carbons (Fsp3) is 0.0588. The van der Waals surface area contributed by atoms with Crippen molar-refractivity contribution in [1.29, 1.82) is 0 Å². The molecule has 0 aliphatic carbocycles. The van der Waals surface area contributed by atoms with Gasteiger partial charge in [0.2, 0.25) is 5.91 Å². The number of nitrogens with zero attached hydrogens (tertiary/aromatic N) is 1. The number of rotatable bonds is 9. The highest BCUT2D eigenvalue weighted by Gasteiger charge is 2.24. The van der Waals surface area contributed by atoms with E-state index in [0.717, 1.165) is 20.7 Å². The summed E-state index contributed by atoms with van der Waals surface area (Å²) in [6, 6.07) is 32.2. The van der Waals surface area contributed by atoms with Gasteiger partial charge in [-0.2, -0.15) is 0 Å². The highest BCUT2D eigenvalue weighted by Crippen LogP contribution is 2.38. The minimum Gasteiger partial charge on any atom is -0.497 e. The first kappa shape index (κ1) is 28.9. The highest BCUT2D eigenvalue weighted by atomic mass is 32.2. The summed E-state index contributed by atoms with van der Waals surface area (Å²) in [5.74, 6) is -1.06. The molecule has 44 heavy (non-hydrogen) atoms. The number of hydrogen-bond donors (Lipinski definition) is 3. The predicted molar refractivity (Wildman–Crippen MR) is 175 cm³/mol. The molecule has 6 aromatic rings. The molecule has 8 nitrogen and oxygen atoms in total. The van der Waals surface area contributed by atoms with Gasteiger partial charge in [-0.3, -0.25) is 9.59 Å². The van der Waals surface area contributed by atoms with Crippen molar-refractivity contribution in [2.45, 2.75) is 10.1 Å². The normalized spacial score (nSPS) is 11.7. The number of hydrogen-bond acceptors (Lipinski definition) is 7. The number of methoxy groups -OCH3 is 1. The third-order valence-corrected chi connectivity index (χ3v) is 9.07. The number of anilines is 2. The van der Waals surface area contributed by atoms with Crippen LogP contribution in [0, 0.1) is 0 Å². The first-order chi connectivity index (χ1) is 21.4. The van der Waals surface area contributed by atoms with E-state index in [9.17, 15) is 19.5 Å². The number of benzene rings is 5. The molecule has 0 bridgehead atoms. The quantitative estimate of drug-likeness (QED) is 0.141. The van der Waals surface area contributed by atoms with Crippen LogP contribution in [-0.2, 0) is 4.79 Å². The Bertz CT molecular complexity index is 2020. The zero-order valence-electron chi connectivity index (χ0n) is 23.3. The van der Waals surface area contributed by atoms with Crippen molar-refractivity contribution in [3.05, 3.63) is 126 Å².